The highest BCUT2D eigenvalue weighted by atomic mass is 16.2. The average Bonchev–Trinajstić information content (AvgIpc) is 2.83. The second-order valence-corrected chi connectivity index (χ2v) is 9.18. The van der Waals surface area contributed by atoms with Gasteiger partial charge in [0.1, 0.15) is 6.04 Å². The first-order chi connectivity index (χ1) is 16.0. The van der Waals surface area contributed by atoms with Crippen molar-refractivity contribution in [1.82, 2.24) is 15.2 Å². The molecule has 1 fully saturated rings. The minimum absolute atomic E-state index is 0.123. The van der Waals surface area contributed by atoms with E-state index < -0.39 is 6.04 Å². The molecule has 5 nitrogen and oxygen atoms in total. The van der Waals surface area contributed by atoms with Crippen LogP contribution < -0.4 is 5.32 Å². The number of carbonyl (C=O) groups is 2. The largest absolute Gasteiger partial charge is 0.351 e. The summed E-state index contributed by atoms with van der Waals surface area (Å²) >= 11 is 0. The Balaban J connectivity index is 1.59. The lowest BCUT2D eigenvalue weighted by Gasteiger charge is -2.34. The van der Waals surface area contributed by atoms with Gasteiger partial charge in [-0.2, -0.15) is 0 Å². The third kappa shape index (κ3) is 4.15. The van der Waals surface area contributed by atoms with Crippen molar-refractivity contribution in [2.24, 2.45) is 0 Å². The molecule has 5 rings (SSSR count). The molecule has 1 unspecified atom stereocenters. The van der Waals surface area contributed by atoms with Crippen molar-refractivity contribution in [3.63, 3.8) is 0 Å². The number of nitrogens with one attached hydrogen (secondary N) is 1. The van der Waals surface area contributed by atoms with Crippen LogP contribution in [0.25, 0.3) is 27.6 Å². The highest BCUT2D eigenvalue weighted by molar-refractivity contribution is 5.95. The third-order valence-corrected chi connectivity index (χ3v) is 6.79. The van der Waals surface area contributed by atoms with Crippen molar-refractivity contribution in [2.45, 2.75) is 58.0 Å². The fourth-order valence-corrected chi connectivity index (χ4v) is 5.09. The van der Waals surface area contributed by atoms with Crippen LogP contribution in [0.3, 0.4) is 0 Å². The molecule has 2 amide bonds. The van der Waals surface area contributed by atoms with Gasteiger partial charge in [0.15, 0.2) is 0 Å². The van der Waals surface area contributed by atoms with Crippen LogP contribution in [0, 0.1) is 0 Å². The summed E-state index contributed by atoms with van der Waals surface area (Å²) in [4.78, 5) is 32.5. The van der Waals surface area contributed by atoms with E-state index in [1.54, 1.807) is 11.1 Å². The van der Waals surface area contributed by atoms with E-state index in [1.165, 1.54) is 13.3 Å². The molecule has 0 saturated heterocycles. The van der Waals surface area contributed by atoms with Gasteiger partial charge in [0.2, 0.25) is 11.8 Å². The maximum atomic E-state index is 13.5. The molecule has 0 spiro atoms. The molecule has 1 atom stereocenters. The zero-order valence-electron chi connectivity index (χ0n) is 19.2. The van der Waals surface area contributed by atoms with Crippen molar-refractivity contribution >= 4 is 28.3 Å². The summed E-state index contributed by atoms with van der Waals surface area (Å²) in [5.41, 5.74) is 5.57. The number of carbonyl (C=O) groups excluding carboxylic acids is 2. The predicted octanol–water partition coefficient (Wildman–Crippen LogP) is 5.61. The molecule has 3 aromatic rings. The van der Waals surface area contributed by atoms with E-state index in [-0.39, 0.29) is 17.9 Å². The standard InChI is InChI=1S/C28H29N3O2/c1-18-17-31(19(2)32)27(28(33)29-23-11-7-4-8-12-23)24-16-22-15-21(20-9-5-3-6-10-20)13-14-25(22)30-26(18)24/h3,5-6,9-10,13-17,23,27H,4,7-8,11-12H2,1-2H3,(H,29,33). The van der Waals surface area contributed by atoms with Gasteiger partial charge in [-0.1, -0.05) is 55.7 Å². The Kier molecular flexibility index (Phi) is 5.71. The Bertz CT molecular complexity index is 1240. The second kappa shape index (κ2) is 8.81. The molecule has 1 aliphatic carbocycles. The molecule has 2 heterocycles. The van der Waals surface area contributed by atoms with Gasteiger partial charge in [0.25, 0.3) is 0 Å². The van der Waals surface area contributed by atoms with Gasteiger partial charge in [-0.05, 0) is 54.7 Å². The van der Waals surface area contributed by atoms with Gasteiger partial charge in [0, 0.05) is 30.1 Å². The molecule has 1 N–H and O–H groups in total. The average molecular weight is 440 g/mol. The Morgan fingerprint density at radius 1 is 0.970 bits per heavy atom. The number of amides is 2. The van der Waals surface area contributed by atoms with Crippen LogP contribution in [-0.4, -0.2) is 27.7 Å². The Hall–Kier alpha value is -3.47. The van der Waals surface area contributed by atoms with Crippen LogP contribution >= 0.6 is 0 Å². The van der Waals surface area contributed by atoms with Crippen molar-refractivity contribution < 1.29 is 9.59 Å². The number of rotatable bonds is 3. The summed E-state index contributed by atoms with van der Waals surface area (Å²) in [6.07, 6.45) is 7.26. The summed E-state index contributed by atoms with van der Waals surface area (Å²) in [6.45, 7) is 3.46. The van der Waals surface area contributed by atoms with Gasteiger partial charge in [-0.3, -0.25) is 9.59 Å². The van der Waals surface area contributed by atoms with E-state index in [9.17, 15) is 9.59 Å². The van der Waals surface area contributed by atoms with E-state index in [2.05, 4.69) is 29.6 Å². The van der Waals surface area contributed by atoms with Gasteiger partial charge >= 0.3 is 0 Å². The highest BCUT2D eigenvalue weighted by Crippen LogP contribution is 2.37. The quantitative estimate of drug-likeness (QED) is 0.577. The van der Waals surface area contributed by atoms with Crippen LogP contribution in [0.4, 0.5) is 0 Å². The third-order valence-electron chi connectivity index (χ3n) is 6.79. The molecular weight excluding hydrogens is 410 g/mol. The van der Waals surface area contributed by atoms with E-state index in [4.69, 9.17) is 4.98 Å². The topological polar surface area (TPSA) is 62.3 Å². The van der Waals surface area contributed by atoms with Gasteiger partial charge < -0.3 is 10.2 Å². The number of pyridine rings is 1. The van der Waals surface area contributed by atoms with Crippen molar-refractivity contribution in [2.75, 3.05) is 0 Å². The number of hydrogen-bond donors (Lipinski definition) is 1. The predicted molar refractivity (Wildman–Crippen MR) is 131 cm³/mol. The first kappa shape index (κ1) is 21.4. The normalized spacial score (nSPS) is 18.5. The first-order valence-electron chi connectivity index (χ1n) is 11.8. The number of fused-ring (bicyclic) bond motifs is 2. The van der Waals surface area contributed by atoms with E-state index in [0.717, 1.165) is 64.5 Å². The Morgan fingerprint density at radius 2 is 1.73 bits per heavy atom. The Morgan fingerprint density at radius 3 is 2.45 bits per heavy atom. The van der Waals surface area contributed by atoms with Crippen molar-refractivity contribution in [3.05, 3.63) is 72.1 Å². The lowest BCUT2D eigenvalue weighted by Crippen LogP contribution is -2.46. The molecule has 168 valence electrons. The summed E-state index contributed by atoms with van der Waals surface area (Å²) in [5, 5.41) is 4.19. The van der Waals surface area contributed by atoms with Crippen LogP contribution in [-0.2, 0) is 9.59 Å². The van der Waals surface area contributed by atoms with Gasteiger partial charge in [0.05, 0.1) is 11.2 Å². The zero-order valence-corrected chi connectivity index (χ0v) is 19.2. The van der Waals surface area contributed by atoms with E-state index >= 15 is 0 Å². The molecule has 1 aromatic heterocycles. The first-order valence-corrected chi connectivity index (χ1v) is 11.8. The number of hydrogen-bond acceptors (Lipinski definition) is 3. The highest BCUT2D eigenvalue weighted by Gasteiger charge is 2.36. The molecule has 0 bridgehead atoms. The van der Waals surface area contributed by atoms with Crippen LogP contribution in [0.15, 0.2) is 60.8 Å². The van der Waals surface area contributed by atoms with Crippen LogP contribution in [0.5, 0.6) is 0 Å². The Labute approximate surface area is 194 Å². The summed E-state index contributed by atoms with van der Waals surface area (Å²) in [5.74, 6) is -0.274. The molecule has 2 aromatic carbocycles. The molecular formula is C28H29N3O2. The minimum atomic E-state index is -0.708. The van der Waals surface area contributed by atoms with Crippen molar-refractivity contribution in [3.8, 4) is 11.1 Å². The molecule has 1 aliphatic heterocycles. The van der Waals surface area contributed by atoms with Gasteiger partial charge in [-0.25, -0.2) is 4.98 Å². The molecule has 33 heavy (non-hydrogen) atoms. The lowest BCUT2D eigenvalue weighted by atomic mass is 9.91. The monoisotopic (exact) mass is 439 g/mol. The molecule has 2 aliphatic rings. The van der Waals surface area contributed by atoms with Gasteiger partial charge in [-0.15, -0.1) is 0 Å². The second-order valence-electron chi connectivity index (χ2n) is 9.18. The van der Waals surface area contributed by atoms with E-state index in [0.29, 0.717) is 0 Å². The zero-order chi connectivity index (χ0) is 22.9. The number of allylic oxidation sites excluding steroid dienone is 1. The minimum Gasteiger partial charge on any atom is -0.351 e. The SMILES string of the molecule is CC(=O)N1C=C(C)c2nc3ccc(-c4ccccc4)cc3cc2C1C(=O)NC1CCCCC1. The number of benzene rings is 2. The lowest BCUT2D eigenvalue weighted by molar-refractivity contribution is -0.137. The number of aromatic nitrogens is 1. The maximum Gasteiger partial charge on any atom is 0.248 e. The number of nitrogens with zero attached hydrogens (tertiary/aromatic N) is 2. The fraction of sp³-hybridized carbons (Fsp3) is 0.321. The maximum absolute atomic E-state index is 13.5. The van der Waals surface area contributed by atoms with E-state index in [1.807, 2.05) is 37.3 Å². The molecule has 0 radical (unpaired) electrons. The summed E-state index contributed by atoms with van der Waals surface area (Å²) < 4.78 is 0. The van der Waals surface area contributed by atoms with Crippen molar-refractivity contribution in [1.29, 1.82) is 0 Å². The summed E-state index contributed by atoms with van der Waals surface area (Å²) in [7, 11) is 0. The van der Waals surface area contributed by atoms with Crippen LogP contribution in [0.1, 0.15) is 63.3 Å². The molecule has 1 saturated carbocycles. The summed E-state index contributed by atoms with van der Waals surface area (Å²) in [6, 6.07) is 17.9. The van der Waals surface area contributed by atoms with Crippen LogP contribution in [0.2, 0.25) is 0 Å². The molecule has 5 heteroatoms. The smallest absolute Gasteiger partial charge is 0.248 e. The fourth-order valence-electron chi connectivity index (χ4n) is 5.09.